The van der Waals surface area contributed by atoms with Gasteiger partial charge in [0.1, 0.15) is 5.82 Å². The standard InChI is InChI=1S/C14H13F3N2O2/c15-14(16,17)11-5-7-19(8-6-11)12-3-1-10(9-18-12)2-4-13(20)21/h1-5,9H,6-8H2,(H,20,21)/b4-2+. The third-order valence-electron chi connectivity index (χ3n) is 3.09. The van der Waals surface area contributed by atoms with Gasteiger partial charge in [-0.3, -0.25) is 0 Å². The van der Waals surface area contributed by atoms with Gasteiger partial charge in [0.25, 0.3) is 0 Å². The number of anilines is 1. The molecule has 0 unspecified atom stereocenters. The lowest BCUT2D eigenvalue weighted by molar-refractivity contribution is -0.131. The molecule has 0 amide bonds. The number of rotatable bonds is 3. The highest BCUT2D eigenvalue weighted by Crippen LogP contribution is 2.31. The lowest BCUT2D eigenvalue weighted by Crippen LogP contribution is -2.32. The first-order chi connectivity index (χ1) is 9.86. The van der Waals surface area contributed by atoms with Crippen molar-refractivity contribution in [3.05, 3.63) is 41.6 Å². The lowest BCUT2D eigenvalue weighted by atomic mass is 10.1. The Morgan fingerprint density at radius 2 is 2.14 bits per heavy atom. The number of nitrogens with zero attached hydrogens (tertiary/aromatic N) is 2. The molecule has 2 heterocycles. The number of carboxylic acid groups (broad SMARTS) is 1. The van der Waals surface area contributed by atoms with Crippen LogP contribution in [0.15, 0.2) is 36.1 Å². The number of pyridine rings is 1. The van der Waals surface area contributed by atoms with E-state index in [2.05, 4.69) is 4.98 Å². The predicted octanol–water partition coefficient (Wildman–Crippen LogP) is 2.88. The summed E-state index contributed by atoms with van der Waals surface area (Å²) in [5, 5.41) is 8.51. The molecule has 0 bridgehead atoms. The zero-order valence-electron chi connectivity index (χ0n) is 11.0. The average molecular weight is 298 g/mol. The number of carbonyl (C=O) groups is 1. The minimum Gasteiger partial charge on any atom is -0.478 e. The molecule has 2 rings (SSSR count). The van der Waals surface area contributed by atoms with Gasteiger partial charge in [0.15, 0.2) is 0 Å². The summed E-state index contributed by atoms with van der Waals surface area (Å²) in [4.78, 5) is 16.3. The third kappa shape index (κ3) is 4.08. The first-order valence-electron chi connectivity index (χ1n) is 6.24. The van der Waals surface area contributed by atoms with E-state index < -0.39 is 17.7 Å². The maximum Gasteiger partial charge on any atom is 0.412 e. The van der Waals surface area contributed by atoms with Crippen LogP contribution in [-0.4, -0.2) is 35.3 Å². The maximum atomic E-state index is 12.5. The van der Waals surface area contributed by atoms with Crippen LogP contribution in [0.1, 0.15) is 12.0 Å². The predicted molar refractivity (Wildman–Crippen MR) is 71.9 cm³/mol. The number of aromatic nitrogens is 1. The van der Waals surface area contributed by atoms with Gasteiger partial charge in [0.2, 0.25) is 0 Å². The van der Waals surface area contributed by atoms with Crippen LogP contribution in [0.4, 0.5) is 19.0 Å². The fraction of sp³-hybridized carbons (Fsp3) is 0.286. The van der Waals surface area contributed by atoms with Crippen LogP contribution in [0.3, 0.4) is 0 Å². The van der Waals surface area contributed by atoms with Crippen LogP contribution < -0.4 is 4.90 Å². The van der Waals surface area contributed by atoms with Gasteiger partial charge in [-0.1, -0.05) is 6.08 Å². The maximum absolute atomic E-state index is 12.5. The number of hydrogen-bond donors (Lipinski definition) is 1. The molecule has 1 N–H and O–H groups in total. The minimum atomic E-state index is -4.26. The Labute approximate surface area is 119 Å². The Morgan fingerprint density at radius 3 is 2.62 bits per heavy atom. The van der Waals surface area contributed by atoms with Gasteiger partial charge in [0.05, 0.1) is 0 Å². The normalized spacial score (nSPS) is 16.1. The fourth-order valence-electron chi connectivity index (χ4n) is 1.99. The molecule has 0 spiro atoms. The minimum absolute atomic E-state index is 0.0636. The first-order valence-corrected chi connectivity index (χ1v) is 6.24. The molecule has 1 aromatic rings. The highest BCUT2D eigenvalue weighted by molar-refractivity contribution is 5.85. The van der Waals surface area contributed by atoms with Crippen molar-refractivity contribution in [3.8, 4) is 0 Å². The summed E-state index contributed by atoms with van der Waals surface area (Å²) in [5.74, 6) is -0.486. The van der Waals surface area contributed by atoms with E-state index in [0.29, 0.717) is 11.4 Å². The van der Waals surface area contributed by atoms with E-state index in [-0.39, 0.29) is 19.5 Å². The van der Waals surface area contributed by atoms with Crippen molar-refractivity contribution in [2.45, 2.75) is 12.6 Å². The zero-order valence-corrected chi connectivity index (χ0v) is 11.0. The van der Waals surface area contributed by atoms with Crippen LogP contribution in [0.25, 0.3) is 6.08 Å². The molecule has 0 fully saturated rings. The summed E-state index contributed by atoms with van der Waals surface area (Å²) in [5.41, 5.74) is 0.115. The second-order valence-corrected chi connectivity index (χ2v) is 4.54. The second kappa shape index (κ2) is 5.99. The van der Waals surface area contributed by atoms with E-state index in [1.54, 1.807) is 17.0 Å². The summed E-state index contributed by atoms with van der Waals surface area (Å²) in [6.07, 6.45) is 0.727. The molecule has 1 aliphatic heterocycles. The van der Waals surface area contributed by atoms with Gasteiger partial charge in [-0.05, 0) is 30.2 Å². The van der Waals surface area contributed by atoms with Crippen molar-refractivity contribution in [2.75, 3.05) is 18.0 Å². The SMILES string of the molecule is O=C(O)/C=C/c1ccc(N2CC=C(C(F)(F)F)CC2)nc1. The summed E-state index contributed by atoms with van der Waals surface area (Å²) in [6.45, 7) is 0.412. The van der Waals surface area contributed by atoms with E-state index in [1.165, 1.54) is 18.3 Å². The fourth-order valence-corrected chi connectivity index (χ4v) is 1.99. The number of halogens is 3. The van der Waals surface area contributed by atoms with Gasteiger partial charge >= 0.3 is 12.1 Å². The Hall–Kier alpha value is -2.31. The van der Waals surface area contributed by atoms with Gasteiger partial charge in [-0.25, -0.2) is 9.78 Å². The van der Waals surface area contributed by atoms with Crippen molar-refractivity contribution < 1.29 is 23.1 Å². The molecule has 1 aliphatic rings. The molecule has 7 heteroatoms. The number of carboxylic acids is 1. The highest BCUT2D eigenvalue weighted by Gasteiger charge is 2.34. The Morgan fingerprint density at radius 1 is 1.38 bits per heavy atom. The van der Waals surface area contributed by atoms with Crippen LogP contribution in [0, 0.1) is 0 Å². The van der Waals surface area contributed by atoms with Crippen molar-refractivity contribution in [1.82, 2.24) is 4.98 Å². The van der Waals surface area contributed by atoms with E-state index in [1.807, 2.05) is 0 Å². The summed E-state index contributed by atoms with van der Waals surface area (Å²) in [7, 11) is 0. The molecular formula is C14H13F3N2O2. The quantitative estimate of drug-likeness (QED) is 0.688. The van der Waals surface area contributed by atoms with E-state index in [0.717, 1.165) is 6.08 Å². The molecule has 0 saturated carbocycles. The third-order valence-corrected chi connectivity index (χ3v) is 3.09. The number of aliphatic carboxylic acids is 1. The van der Waals surface area contributed by atoms with Crippen molar-refractivity contribution in [1.29, 1.82) is 0 Å². The Kier molecular flexibility index (Phi) is 4.30. The van der Waals surface area contributed by atoms with Gasteiger partial charge in [-0.15, -0.1) is 0 Å². The highest BCUT2D eigenvalue weighted by atomic mass is 19.4. The molecule has 21 heavy (non-hydrogen) atoms. The average Bonchev–Trinajstić information content (AvgIpc) is 2.45. The van der Waals surface area contributed by atoms with Gasteiger partial charge in [-0.2, -0.15) is 13.2 Å². The summed E-state index contributed by atoms with van der Waals surface area (Å²) < 4.78 is 37.5. The summed E-state index contributed by atoms with van der Waals surface area (Å²) >= 11 is 0. The van der Waals surface area contributed by atoms with Crippen molar-refractivity contribution in [3.63, 3.8) is 0 Å². The smallest absolute Gasteiger partial charge is 0.412 e. The van der Waals surface area contributed by atoms with E-state index >= 15 is 0 Å². The number of alkyl halides is 3. The van der Waals surface area contributed by atoms with Crippen molar-refractivity contribution >= 4 is 17.9 Å². The lowest BCUT2D eigenvalue weighted by Gasteiger charge is -2.28. The van der Waals surface area contributed by atoms with Gasteiger partial charge < -0.3 is 10.0 Å². The Bertz CT molecular complexity index is 577. The molecule has 4 nitrogen and oxygen atoms in total. The molecular weight excluding hydrogens is 285 g/mol. The molecule has 0 atom stereocenters. The van der Waals surface area contributed by atoms with Crippen LogP contribution >= 0.6 is 0 Å². The topological polar surface area (TPSA) is 53.4 Å². The molecule has 1 aromatic heterocycles. The molecule has 0 aliphatic carbocycles. The zero-order chi connectivity index (χ0) is 15.5. The largest absolute Gasteiger partial charge is 0.478 e. The van der Waals surface area contributed by atoms with Crippen LogP contribution in [-0.2, 0) is 4.79 Å². The van der Waals surface area contributed by atoms with Crippen LogP contribution in [0.2, 0.25) is 0 Å². The molecule has 0 radical (unpaired) electrons. The second-order valence-electron chi connectivity index (χ2n) is 4.54. The molecule has 0 saturated heterocycles. The van der Waals surface area contributed by atoms with E-state index in [4.69, 9.17) is 5.11 Å². The first kappa shape index (κ1) is 15.1. The Balaban J connectivity index is 2.04. The summed E-state index contributed by atoms with van der Waals surface area (Å²) in [6, 6.07) is 3.33. The van der Waals surface area contributed by atoms with E-state index in [9.17, 15) is 18.0 Å². The molecule has 0 aromatic carbocycles. The van der Waals surface area contributed by atoms with Gasteiger partial charge in [0, 0.05) is 30.9 Å². The monoisotopic (exact) mass is 298 g/mol. The van der Waals surface area contributed by atoms with Crippen molar-refractivity contribution in [2.24, 2.45) is 0 Å². The molecule has 112 valence electrons. The number of hydrogen-bond acceptors (Lipinski definition) is 3. The van der Waals surface area contributed by atoms with Crippen LogP contribution in [0.5, 0.6) is 0 Å².